The number of halogens is 1. The Labute approximate surface area is 95.8 Å². The van der Waals surface area contributed by atoms with Crippen molar-refractivity contribution in [1.29, 1.82) is 0 Å². The monoisotopic (exact) mass is 239 g/mol. The fraction of sp³-hybridized carbons (Fsp3) is 0.200. The predicted octanol–water partition coefficient (Wildman–Crippen LogP) is 0.711. The van der Waals surface area contributed by atoms with Gasteiger partial charge in [0.2, 0.25) is 5.91 Å². The van der Waals surface area contributed by atoms with Gasteiger partial charge in [0.15, 0.2) is 0 Å². The molecule has 0 radical (unpaired) electrons. The number of rotatable bonds is 3. The summed E-state index contributed by atoms with van der Waals surface area (Å²) < 4.78 is 0. The minimum absolute atomic E-state index is 0.0523. The first-order valence-corrected chi connectivity index (χ1v) is 5.26. The number of H-pyrrole nitrogens is 2. The van der Waals surface area contributed by atoms with Crippen molar-refractivity contribution in [2.75, 3.05) is 5.88 Å². The Hall–Kier alpha value is -1.75. The average Bonchev–Trinajstić information content (AvgIpc) is 2.65. The highest BCUT2D eigenvalue weighted by Crippen LogP contribution is 2.09. The molecule has 0 atom stereocenters. The lowest BCUT2D eigenvalue weighted by Gasteiger charge is -2.02. The lowest BCUT2D eigenvalue weighted by molar-refractivity contribution is -0.118. The van der Waals surface area contributed by atoms with Crippen molar-refractivity contribution in [3.63, 3.8) is 0 Å². The Morgan fingerprint density at radius 2 is 2.06 bits per heavy atom. The molecule has 3 N–H and O–H groups in total. The van der Waals surface area contributed by atoms with Gasteiger partial charge in [0.05, 0.1) is 11.0 Å². The number of aromatic amines is 2. The number of fused-ring (bicyclic) bond motifs is 1. The summed E-state index contributed by atoms with van der Waals surface area (Å²) in [5.41, 5.74) is 2.14. The van der Waals surface area contributed by atoms with Crippen molar-refractivity contribution in [2.45, 2.75) is 6.54 Å². The third kappa shape index (κ3) is 2.25. The number of alkyl halides is 1. The number of amides is 1. The molecule has 1 heterocycles. The van der Waals surface area contributed by atoms with Gasteiger partial charge in [-0.3, -0.25) is 4.79 Å². The van der Waals surface area contributed by atoms with Crippen LogP contribution in [0.2, 0.25) is 0 Å². The minimum atomic E-state index is -0.239. The van der Waals surface area contributed by atoms with Crippen molar-refractivity contribution in [3.8, 4) is 0 Å². The van der Waals surface area contributed by atoms with Crippen LogP contribution in [0, 0.1) is 0 Å². The molecule has 0 bridgehead atoms. The maximum Gasteiger partial charge on any atom is 0.323 e. The zero-order valence-electron chi connectivity index (χ0n) is 8.34. The Morgan fingerprint density at radius 3 is 2.81 bits per heavy atom. The zero-order valence-corrected chi connectivity index (χ0v) is 9.10. The fourth-order valence-corrected chi connectivity index (χ4v) is 1.53. The smallest absolute Gasteiger partial charge is 0.323 e. The largest absolute Gasteiger partial charge is 0.351 e. The maximum atomic E-state index is 11.0. The number of hydrogen-bond acceptors (Lipinski definition) is 2. The maximum absolute atomic E-state index is 11.0. The molecule has 1 amide bonds. The quantitative estimate of drug-likeness (QED) is 0.690. The van der Waals surface area contributed by atoms with Crippen molar-refractivity contribution in [1.82, 2.24) is 15.3 Å². The van der Waals surface area contributed by atoms with E-state index in [0.29, 0.717) is 6.54 Å². The van der Waals surface area contributed by atoms with E-state index in [2.05, 4.69) is 15.3 Å². The van der Waals surface area contributed by atoms with Crippen LogP contribution in [0.1, 0.15) is 5.56 Å². The Bertz CT molecular complexity index is 573. The fourth-order valence-electron chi connectivity index (χ4n) is 1.44. The molecule has 0 aliphatic carbocycles. The molecule has 16 heavy (non-hydrogen) atoms. The van der Waals surface area contributed by atoms with E-state index in [0.717, 1.165) is 16.6 Å². The minimum Gasteiger partial charge on any atom is -0.351 e. The summed E-state index contributed by atoms with van der Waals surface area (Å²) in [7, 11) is 0. The summed E-state index contributed by atoms with van der Waals surface area (Å²) in [6.07, 6.45) is 0. The van der Waals surface area contributed by atoms with E-state index in [1.54, 1.807) is 6.07 Å². The van der Waals surface area contributed by atoms with E-state index < -0.39 is 0 Å². The molecule has 0 aliphatic rings. The highest BCUT2D eigenvalue weighted by atomic mass is 35.5. The second kappa shape index (κ2) is 4.40. The molecule has 6 heteroatoms. The summed E-state index contributed by atoms with van der Waals surface area (Å²) in [5, 5.41) is 2.65. The summed E-state index contributed by atoms with van der Waals surface area (Å²) >= 11 is 5.35. The van der Waals surface area contributed by atoms with Gasteiger partial charge in [0.25, 0.3) is 0 Å². The normalized spacial score (nSPS) is 10.6. The lowest BCUT2D eigenvalue weighted by Crippen LogP contribution is -2.23. The summed E-state index contributed by atoms with van der Waals surface area (Å²) in [5.74, 6) is -0.271. The summed E-state index contributed by atoms with van der Waals surface area (Å²) in [4.78, 5) is 27.3. The number of imidazole rings is 1. The van der Waals surface area contributed by atoms with Crippen LogP contribution in [0.3, 0.4) is 0 Å². The third-order valence-corrected chi connectivity index (χ3v) is 2.43. The van der Waals surface area contributed by atoms with E-state index in [4.69, 9.17) is 11.6 Å². The van der Waals surface area contributed by atoms with E-state index >= 15 is 0 Å². The molecule has 1 aromatic carbocycles. The molecular formula is C10H10ClN3O2. The Balaban J connectivity index is 2.19. The van der Waals surface area contributed by atoms with Crippen molar-refractivity contribution >= 4 is 28.5 Å². The first kappa shape index (κ1) is 10.8. The average molecular weight is 240 g/mol. The molecule has 0 aliphatic heterocycles. The van der Waals surface area contributed by atoms with E-state index in [1.807, 2.05) is 12.1 Å². The van der Waals surface area contributed by atoms with Gasteiger partial charge in [-0.25, -0.2) is 4.79 Å². The topological polar surface area (TPSA) is 77.8 Å². The Kier molecular flexibility index (Phi) is 2.96. The molecule has 0 saturated carbocycles. The van der Waals surface area contributed by atoms with Gasteiger partial charge in [-0.05, 0) is 17.7 Å². The standard InChI is InChI=1S/C10H10ClN3O2/c11-4-9(15)12-5-6-1-2-7-8(3-6)14-10(16)13-7/h1-3H,4-5H2,(H,12,15)(H2,13,14,16). The van der Waals surface area contributed by atoms with Crippen LogP contribution in [0.25, 0.3) is 11.0 Å². The van der Waals surface area contributed by atoms with Crippen LogP contribution in [-0.4, -0.2) is 21.8 Å². The van der Waals surface area contributed by atoms with E-state index in [-0.39, 0.29) is 17.5 Å². The molecular weight excluding hydrogens is 230 g/mol. The highest BCUT2D eigenvalue weighted by Gasteiger charge is 2.01. The van der Waals surface area contributed by atoms with Crippen LogP contribution in [0.5, 0.6) is 0 Å². The van der Waals surface area contributed by atoms with Crippen molar-refractivity contribution in [3.05, 3.63) is 34.2 Å². The molecule has 0 spiro atoms. The Morgan fingerprint density at radius 1 is 1.31 bits per heavy atom. The van der Waals surface area contributed by atoms with E-state index in [9.17, 15) is 9.59 Å². The van der Waals surface area contributed by atoms with Gasteiger partial charge in [-0.15, -0.1) is 11.6 Å². The summed E-state index contributed by atoms with van der Waals surface area (Å²) in [6.45, 7) is 0.398. The van der Waals surface area contributed by atoms with Crippen molar-refractivity contribution < 1.29 is 4.79 Å². The second-order valence-electron chi connectivity index (χ2n) is 3.37. The van der Waals surface area contributed by atoms with Gasteiger partial charge >= 0.3 is 5.69 Å². The number of aromatic nitrogens is 2. The highest BCUT2D eigenvalue weighted by molar-refractivity contribution is 6.27. The van der Waals surface area contributed by atoms with Gasteiger partial charge in [0, 0.05) is 6.54 Å². The number of carbonyl (C=O) groups excluding carboxylic acids is 1. The van der Waals surface area contributed by atoms with Crippen LogP contribution < -0.4 is 11.0 Å². The molecule has 84 valence electrons. The van der Waals surface area contributed by atoms with Crippen LogP contribution in [-0.2, 0) is 11.3 Å². The first-order chi connectivity index (χ1) is 7.69. The van der Waals surface area contributed by atoms with Crippen LogP contribution in [0.15, 0.2) is 23.0 Å². The molecule has 2 rings (SSSR count). The SMILES string of the molecule is O=C(CCl)NCc1ccc2[nH]c(=O)[nH]c2c1. The van der Waals surface area contributed by atoms with Gasteiger partial charge in [0.1, 0.15) is 5.88 Å². The number of nitrogens with one attached hydrogen (secondary N) is 3. The third-order valence-electron chi connectivity index (χ3n) is 2.19. The molecule has 0 fully saturated rings. The molecule has 0 saturated heterocycles. The molecule has 0 unspecified atom stereocenters. The second-order valence-corrected chi connectivity index (χ2v) is 3.64. The summed E-state index contributed by atoms with van der Waals surface area (Å²) in [6, 6.07) is 5.43. The van der Waals surface area contributed by atoms with E-state index in [1.165, 1.54) is 0 Å². The number of benzene rings is 1. The first-order valence-electron chi connectivity index (χ1n) is 4.72. The molecule has 5 nitrogen and oxygen atoms in total. The molecule has 1 aromatic heterocycles. The van der Waals surface area contributed by atoms with Gasteiger partial charge in [-0.1, -0.05) is 6.07 Å². The van der Waals surface area contributed by atoms with Crippen molar-refractivity contribution in [2.24, 2.45) is 0 Å². The van der Waals surface area contributed by atoms with Crippen LogP contribution in [0.4, 0.5) is 0 Å². The molecule has 2 aromatic rings. The predicted molar refractivity (Wildman–Crippen MR) is 61.5 cm³/mol. The zero-order chi connectivity index (χ0) is 11.5. The van der Waals surface area contributed by atoms with Crippen LogP contribution >= 0.6 is 11.6 Å². The number of carbonyl (C=O) groups is 1. The van der Waals surface area contributed by atoms with Gasteiger partial charge in [-0.2, -0.15) is 0 Å². The van der Waals surface area contributed by atoms with Gasteiger partial charge < -0.3 is 15.3 Å². The number of hydrogen-bond donors (Lipinski definition) is 3. The lowest BCUT2D eigenvalue weighted by atomic mass is 10.2.